The Hall–Kier alpha value is -1.59. The van der Waals surface area contributed by atoms with Gasteiger partial charge in [-0.05, 0) is 25.1 Å². The smallest absolute Gasteiger partial charge is 0.161 e. The maximum absolute atomic E-state index is 8.97. The predicted octanol–water partition coefficient (Wildman–Crippen LogP) is 2.67. The van der Waals surface area contributed by atoms with Gasteiger partial charge in [-0.1, -0.05) is 0 Å². The van der Waals surface area contributed by atoms with Crippen LogP contribution in [0.5, 0.6) is 11.5 Å². The lowest BCUT2D eigenvalue weighted by Gasteiger charge is -2.08. The molecule has 5 heteroatoms. The van der Waals surface area contributed by atoms with Crippen LogP contribution >= 0.6 is 11.3 Å². The number of aliphatic hydroxyl groups excluding tert-OH is 1. The van der Waals surface area contributed by atoms with E-state index in [0.29, 0.717) is 17.9 Å². The normalized spacial score (nSPS) is 10.5. The molecule has 102 valence electrons. The van der Waals surface area contributed by atoms with Crippen molar-refractivity contribution >= 4 is 11.3 Å². The van der Waals surface area contributed by atoms with Crippen LogP contribution in [0.15, 0.2) is 18.2 Å². The van der Waals surface area contributed by atoms with E-state index in [-0.39, 0.29) is 6.61 Å². The molecule has 2 aromatic rings. The summed E-state index contributed by atoms with van der Waals surface area (Å²) in [7, 11) is 3.23. The fraction of sp³-hybridized carbons (Fsp3) is 0.357. The molecule has 0 aliphatic heterocycles. The van der Waals surface area contributed by atoms with Gasteiger partial charge in [0.25, 0.3) is 0 Å². The Morgan fingerprint density at radius 1 is 1.21 bits per heavy atom. The third-order valence-corrected chi connectivity index (χ3v) is 3.85. The van der Waals surface area contributed by atoms with Crippen molar-refractivity contribution in [2.75, 3.05) is 20.8 Å². The summed E-state index contributed by atoms with van der Waals surface area (Å²) >= 11 is 1.61. The summed E-state index contributed by atoms with van der Waals surface area (Å²) in [5.41, 5.74) is 1.94. The number of aryl methyl sites for hydroxylation is 1. The molecule has 0 spiro atoms. The average molecular weight is 279 g/mol. The topological polar surface area (TPSA) is 51.6 Å². The standard InChI is InChI=1S/C14H17NO3S/c1-9-14(15-13(19-9)6-7-16)10-4-5-11(17-2)12(8-10)18-3/h4-5,8,16H,6-7H2,1-3H3. The molecule has 0 radical (unpaired) electrons. The zero-order chi connectivity index (χ0) is 13.8. The Morgan fingerprint density at radius 3 is 2.58 bits per heavy atom. The van der Waals surface area contributed by atoms with E-state index in [2.05, 4.69) is 4.98 Å². The molecule has 4 nitrogen and oxygen atoms in total. The quantitative estimate of drug-likeness (QED) is 0.914. The molecule has 1 aromatic carbocycles. The number of hydrogen-bond acceptors (Lipinski definition) is 5. The van der Waals surface area contributed by atoms with Crippen molar-refractivity contribution in [3.63, 3.8) is 0 Å². The first kappa shape index (κ1) is 13.8. The molecule has 0 atom stereocenters. The van der Waals surface area contributed by atoms with Crippen LogP contribution in [-0.2, 0) is 6.42 Å². The van der Waals surface area contributed by atoms with Crippen molar-refractivity contribution in [2.24, 2.45) is 0 Å². The van der Waals surface area contributed by atoms with Gasteiger partial charge < -0.3 is 14.6 Å². The molecule has 0 saturated carbocycles. The highest BCUT2D eigenvalue weighted by atomic mass is 32.1. The Bertz CT molecular complexity index is 566. The van der Waals surface area contributed by atoms with Crippen LogP contribution in [0.4, 0.5) is 0 Å². The summed E-state index contributed by atoms with van der Waals surface area (Å²) in [6.45, 7) is 2.16. The lowest BCUT2D eigenvalue weighted by atomic mass is 10.1. The summed E-state index contributed by atoms with van der Waals surface area (Å²) in [4.78, 5) is 5.70. The predicted molar refractivity (Wildman–Crippen MR) is 76.2 cm³/mol. The number of benzene rings is 1. The van der Waals surface area contributed by atoms with E-state index in [9.17, 15) is 0 Å². The average Bonchev–Trinajstić information content (AvgIpc) is 2.79. The molecule has 0 saturated heterocycles. The van der Waals surface area contributed by atoms with E-state index in [1.165, 1.54) is 0 Å². The number of nitrogens with zero attached hydrogens (tertiary/aromatic N) is 1. The highest BCUT2D eigenvalue weighted by Gasteiger charge is 2.12. The third kappa shape index (κ3) is 2.88. The highest BCUT2D eigenvalue weighted by molar-refractivity contribution is 7.12. The van der Waals surface area contributed by atoms with Crippen molar-refractivity contribution in [3.05, 3.63) is 28.1 Å². The Balaban J connectivity index is 2.41. The molecule has 0 aliphatic carbocycles. The first-order valence-electron chi connectivity index (χ1n) is 5.99. The minimum atomic E-state index is 0.123. The molecule has 1 aromatic heterocycles. The van der Waals surface area contributed by atoms with Crippen molar-refractivity contribution in [3.8, 4) is 22.8 Å². The molecular formula is C14H17NO3S. The van der Waals surface area contributed by atoms with E-state index in [1.807, 2.05) is 25.1 Å². The molecule has 2 rings (SSSR count). The Kier molecular flexibility index (Phi) is 4.39. The molecule has 1 N–H and O–H groups in total. The number of methoxy groups -OCH3 is 2. The number of thiazole rings is 1. The second-order valence-corrected chi connectivity index (χ2v) is 5.34. The van der Waals surface area contributed by atoms with Gasteiger partial charge in [0.05, 0.1) is 24.9 Å². The van der Waals surface area contributed by atoms with Gasteiger partial charge in [0.2, 0.25) is 0 Å². The van der Waals surface area contributed by atoms with Gasteiger partial charge in [0.1, 0.15) is 0 Å². The maximum atomic E-state index is 8.97. The second-order valence-electron chi connectivity index (χ2n) is 4.06. The third-order valence-electron chi connectivity index (χ3n) is 2.82. The second kappa shape index (κ2) is 6.04. The molecular weight excluding hydrogens is 262 g/mol. The minimum absolute atomic E-state index is 0.123. The van der Waals surface area contributed by atoms with Crippen molar-refractivity contribution < 1.29 is 14.6 Å². The van der Waals surface area contributed by atoms with Gasteiger partial charge in [-0.2, -0.15) is 0 Å². The zero-order valence-electron chi connectivity index (χ0n) is 11.3. The van der Waals surface area contributed by atoms with Crippen LogP contribution in [0.25, 0.3) is 11.3 Å². The van der Waals surface area contributed by atoms with Gasteiger partial charge in [0, 0.05) is 23.5 Å². The number of hydrogen-bond donors (Lipinski definition) is 1. The van der Waals surface area contributed by atoms with Crippen LogP contribution in [0.2, 0.25) is 0 Å². The van der Waals surface area contributed by atoms with Gasteiger partial charge in [-0.3, -0.25) is 0 Å². The summed E-state index contributed by atoms with van der Waals surface area (Å²) in [5.74, 6) is 1.39. The van der Waals surface area contributed by atoms with Crippen molar-refractivity contribution in [1.82, 2.24) is 4.98 Å². The van der Waals surface area contributed by atoms with Crippen LogP contribution < -0.4 is 9.47 Å². The van der Waals surface area contributed by atoms with Crippen LogP contribution in [-0.4, -0.2) is 30.9 Å². The number of rotatable bonds is 5. The fourth-order valence-electron chi connectivity index (χ4n) is 1.91. The van der Waals surface area contributed by atoms with E-state index in [4.69, 9.17) is 14.6 Å². The fourth-order valence-corrected chi connectivity index (χ4v) is 2.85. The SMILES string of the molecule is COc1ccc(-c2nc(CCO)sc2C)cc1OC. The molecule has 0 unspecified atom stereocenters. The molecule has 0 fully saturated rings. The Labute approximate surface area is 116 Å². The summed E-state index contributed by atoms with van der Waals surface area (Å²) in [6, 6.07) is 5.76. The Morgan fingerprint density at radius 2 is 1.95 bits per heavy atom. The lowest BCUT2D eigenvalue weighted by molar-refractivity contribution is 0.299. The number of aliphatic hydroxyl groups is 1. The van der Waals surface area contributed by atoms with Gasteiger partial charge in [0.15, 0.2) is 11.5 Å². The maximum Gasteiger partial charge on any atom is 0.161 e. The molecule has 19 heavy (non-hydrogen) atoms. The van der Waals surface area contributed by atoms with Crippen molar-refractivity contribution in [1.29, 1.82) is 0 Å². The van der Waals surface area contributed by atoms with E-state index >= 15 is 0 Å². The number of aromatic nitrogens is 1. The number of ether oxygens (including phenoxy) is 2. The van der Waals surface area contributed by atoms with E-state index < -0.39 is 0 Å². The molecule has 0 aliphatic rings. The summed E-state index contributed by atoms with van der Waals surface area (Å²) < 4.78 is 10.5. The first-order chi connectivity index (χ1) is 9.19. The molecule has 1 heterocycles. The zero-order valence-corrected chi connectivity index (χ0v) is 12.1. The largest absolute Gasteiger partial charge is 0.493 e. The van der Waals surface area contributed by atoms with E-state index in [0.717, 1.165) is 21.1 Å². The van der Waals surface area contributed by atoms with Gasteiger partial charge in [-0.15, -0.1) is 11.3 Å². The summed E-state index contributed by atoms with van der Waals surface area (Å²) in [5, 5.41) is 9.92. The minimum Gasteiger partial charge on any atom is -0.493 e. The van der Waals surface area contributed by atoms with Crippen molar-refractivity contribution in [2.45, 2.75) is 13.3 Å². The molecule has 0 amide bonds. The van der Waals surface area contributed by atoms with Crippen LogP contribution in [0, 0.1) is 6.92 Å². The monoisotopic (exact) mass is 279 g/mol. The first-order valence-corrected chi connectivity index (χ1v) is 6.80. The molecule has 0 bridgehead atoms. The van der Waals surface area contributed by atoms with Gasteiger partial charge >= 0.3 is 0 Å². The van der Waals surface area contributed by atoms with Gasteiger partial charge in [-0.25, -0.2) is 4.98 Å². The highest BCUT2D eigenvalue weighted by Crippen LogP contribution is 2.34. The van der Waals surface area contributed by atoms with Crippen LogP contribution in [0.3, 0.4) is 0 Å². The lowest BCUT2D eigenvalue weighted by Crippen LogP contribution is -1.92. The van der Waals surface area contributed by atoms with Crippen LogP contribution in [0.1, 0.15) is 9.88 Å². The summed E-state index contributed by atoms with van der Waals surface area (Å²) in [6.07, 6.45) is 0.596. The van der Waals surface area contributed by atoms with E-state index in [1.54, 1.807) is 25.6 Å².